The molecule has 29 heavy (non-hydrogen) atoms. The van der Waals surface area contributed by atoms with Crippen LogP contribution in [0.3, 0.4) is 0 Å². The number of alkyl halides is 3. The number of nitrogens with one attached hydrogen (secondary N) is 2. The molecule has 8 heteroatoms. The average molecular weight is 400 g/mol. The van der Waals surface area contributed by atoms with Crippen molar-refractivity contribution in [2.24, 2.45) is 5.92 Å². The van der Waals surface area contributed by atoms with E-state index in [0.29, 0.717) is 23.8 Å². The van der Waals surface area contributed by atoms with Crippen molar-refractivity contribution in [1.29, 1.82) is 0 Å². The number of hydrogen-bond donors (Lipinski definition) is 2. The lowest BCUT2D eigenvalue weighted by molar-refractivity contribution is -0.137. The second-order valence-electron chi connectivity index (χ2n) is 7.79. The van der Waals surface area contributed by atoms with Gasteiger partial charge in [-0.2, -0.15) is 13.2 Å². The zero-order valence-electron chi connectivity index (χ0n) is 15.4. The first-order chi connectivity index (χ1) is 13.9. The first-order valence-corrected chi connectivity index (χ1v) is 9.57. The zero-order valence-corrected chi connectivity index (χ0v) is 15.4. The molecule has 2 bridgehead atoms. The lowest BCUT2D eigenvalue weighted by Gasteiger charge is -2.34. The van der Waals surface area contributed by atoms with E-state index in [9.17, 15) is 18.0 Å². The fraction of sp³-hybridized carbons (Fsp3) is 0.333. The van der Waals surface area contributed by atoms with Crippen molar-refractivity contribution in [3.63, 3.8) is 0 Å². The Morgan fingerprint density at radius 1 is 1.17 bits per heavy atom. The van der Waals surface area contributed by atoms with Gasteiger partial charge in [0.15, 0.2) is 0 Å². The number of para-hydroxylation sites is 1. The van der Waals surface area contributed by atoms with E-state index in [4.69, 9.17) is 0 Å². The third-order valence-corrected chi connectivity index (χ3v) is 5.98. The molecule has 1 aromatic carbocycles. The van der Waals surface area contributed by atoms with Crippen LogP contribution in [0.1, 0.15) is 28.8 Å². The number of rotatable bonds is 3. The summed E-state index contributed by atoms with van der Waals surface area (Å²) < 4.78 is 38.2. The molecule has 1 saturated heterocycles. The number of carbonyl (C=O) groups excluding carboxylic acids is 1. The number of pyridine rings is 1. The predicted octanol–water partition coefficient (Wildman–Crippen LogP) is 4.30. The van der Waals surface area contributed by atoms with Crippen LogP contribution in [0.25, 0.3) is 10.9 Å². The third-order valence-electron chi connectivity index (χ3n) is 5.98. The number of fused-ring (bicyclic) bond motifs is 3. The summed E-state index contributed by atoms with van der Waals surface area (Å²) in [5.74, 6) is 0.769. The lowest BCUT2D eigenvalue weighted by atomic mass is 10.0. The molecule has 1 aliphatic carbocycles. The Balaban J connectivity index is 1.35. The van der Waals surface area contributed by atoms with Crippen LogP contribution in [0.2, 0.25) is 0 Å². The molecule has 150 valence electrons. The summed E-state index contributed by atoms with van der Waals surface area (Å²) in [6.07, 6.45) is 0.0250. The van der Waals surface area contributed by atoms with Gasteiger partial charge in [0.05, 0.1) is 22.7 Å². The number of aromatic nitrogens is 2. The fourth-order valence-corrected chi connectivity index (χ4v) is 4.67. The summed E-state index contributed by atoms with van der Waals surface area (Å²) in [5.41, 5.74) is 0.701. The first-order valence-electron chi connectivity index (χ1n) is 9.57. The van der Waals surface area contributed by atoms with E-state index < -0.39 is 11.7 Å². The second-order valence-corrected chi connectivity index (χ2v) is 7.79. The number of benzene rings is 1. The third kappa shape index (κ3) is 3.12. The molecule has 5 nitrogen and oxygen atoms in total. The van der Waals surface area contributed by atoms with Gasteiger partial charge in [0.25, 0.3) is 5.91 Å². The smallest absolute Gasteiger partial charge is 0.365 e. The van der Waals surface area contributed by atoms with Crippen molar-refractivity contribution >= 4 is 22.6 Å². The normalized spacial score (nSPS) is 23.7. The summed E-state index contributed by atoms with van der Waals surface area (Å²) in [6, 6.07) is 9.94. The molecular formula is C21H19F3N4O. The van der Waals surface area contributed by atoms with E-state index in [2.05, 4.69) is 15.3 Å². The van der Waals surface area contributed by atoms with E-state index >= 15 is 0 Å². The van der Waals surface area contributed by atoms with Gasteiger partial charge < -0.3 is 15.2 Å². The molecule has 0 unspecified atom stereocenters. The maximum atomic E-state index is 13.2. The van der Waals surface area contributed by atoms with Crippen LogP contribution in [0.15, 0.2) is 48.8 Å². The molecule has 2 aromatic heterocycles. The van der Waals surface area contributed by atoms with Crippen LogP contribution >= 0.6 is 0 Å². The first kappa shape index (κ1) is 18.0. The summed E-state index contributed by atoms with van der Waals surface area (Å²) in [5, 5.41) is 4.23. The average Bonchev–Trinajstić information content (AvgIpc) is 3.42. The number of amides is 1. The number of hydrogen-bond acceptors (Lipinski definition) is 3. The molecule has 3 aromatic rings. The molecule has 2 aliphatic rings. The van der Waals surface area contributed by atoms with Gasteiger partial charge >= 0.3 is 6.18 Å². The lowest BCUT2D eigenvalue weighted by Crippen LogP contribution is -2.47. The van der Waals surface area contributed by atoms with Crippen LogP contribution in [-0.4, -0.2) is 39.4 Å². The van der Waals surface area contributed by atoms with Crippen molar-refractivity contribution in [1.82, 2.24) is 14.9 Å². The number of halogens is 3. The number of likely N-dealkylation sites (tertiary alicyclic amines) is 1. The highest BCUT2D eigenvalue weighted by Crippen LogP contribution is 2.40. The van der Waals surface area contributed by atoms with Crippen molar-refractivity contribution < 1.29 is 18.0 Å². The Hall–Kier alpha value is -3.03. The molecule has 2 N–H and O–H groups in total. The van der Waals surface area contributed by atoms with E-state index in [1.54, 1.807) is 0 Å². The van der Waals surface area contributed by atoms with Gasteiger partial charge in [-0.05, 0) is 43.0 Å². The number of piperidine rings is 1. The summed E-state index contributed by atoms with van der Waals surface area (Å²) >= 11 is 0. The molecule has 1 saturated carbocycles. The van der Waals surface area contributed by atoms with Gasteiger partial charge in [-0.25, -0.2) is 4.98 Å². The van der Waals surface area contributed by atoms with Gasteiger partial charge in [-0.3, -0.25) is 4.79 Å². The number of nitrogens with zero attached hydrogens (tertiary/aromatic N) is 2. The zero-order chi connectivity index (χ0) is 20.2. The van der Waals surface area contributed by atoms with Crippen LogP contribution in [-0.2, 0) is 6.18 Å². The minimum absolute atomic E-state index is 0.00168. The van der Waals surface area contributed by atoms with Gasteiger partial charge in [0, 0.05) is 30.4 Å². The van der Waals surface area contributed by atoms with Gasteiger partial charge in [-0.1, -0.05) is 12.1 Å². The molecule has 1 amide bonds. The van der Waals surface area contributed by atoms with Crippen LogP contribution < -0.4 is 5.32 Å². The standard InChI is InChI=1S/C21H19F3N4O/c22-21(23,24)14-4-5-18(26-10-14)27-16-8-12-9-17(16)28(11-12)20(29)15-3-1-2-13-6-7-25-19(13)15/h1-7,10,12,16-17,25H,8-9,11H2,(H,26,27)/t12-,16+,17-/m0/s1. The molecule has 0 radical (unpaired) electrons. The number of H-pyrrole nitrogens is 1. The molecule has 3 heterocycles. The quantitative estimate of drug-likeness (QED) is 0.689. The predicted molar refractivity (Wildman–Crippen MR) is 102 cm³/mol. The highest BCUT2D eigenvalue weighted by molar-refractivity contribution is 6.06. The van der Waals surface area contributed by atoms with E-state index in [1.165, 1.54) is 6.07 Å². The fourth-order valence-electron chi connectivity index (χ4n) is 4.67. The molecule has 1 aliphatic heterocycles. The minimum Gasteiger partial charge on any atom is -0.365 e. The number of carbonyl (C=O) groups is 1. The Kier molecular flexibility index (Phi) is 4.04. The topological polar surface area (TPSA) is 61.0 Å². The van der Waals surface area contributed by atoms with Crippen molar-refractivity contribution in [3.8, 4) is 0 Å². The highest BCUT2D eigenvalue weighted by atomic mass is 19.4. The largest absolute Gasteiger partial charge is 0.417 e. The Morgan fingerprint density at radius 2 is 2.03 bits per heavy atom. The maximum Gasteiger partial charge on any atom is 0.417 e. The Morgan fingerprint density at radius 3 is 2.76 bits per heavy atom. The van der Waals surface area contributed by atoms with Crippen molar-refractivity contribution in [3.05, 3.63) is 59.9 Å². The van der Waals surface area contributed by atoms with Crippen LogP contribution in [0.5, 0.6) is 0 Å². The summed E-state index contributed by atoms with van der Waals surface area (Å²) in [7, 11) is 0. The van der Waals surface area contributed by atoms with Gasteiger partial charge in [0.1, 0.15) is 5.82 Å². The van der Waals surface area contributed by atoms with Gasteiger partial charge in [-0.15, -0.1) is 0 Å². The van der Waals surface area contributed by atoms with Crippen LogP contribution in [0, 0.1) is 5.92 Å². The van der Waals surface area contributed by atoms with Crippen molar-refractivity contribution in [2.75, 3.05) is 11.9 Å². The Labute approximate surface area is 164 Å². The molecular weight excluding hydrogens is 381 g/mol. The van der Waals surface area contributed by atoms with E-state index in [-0.39, 0.29) is 18.0 Å². The molecule has 0 spiro atoms. The van der Waals surface area contributed by atoms with Crippen molar-refractivity contribution in [2.45, 2.75) is 31.1 Å². The SMILES string of the molecule is O=C(c1cccc2cc[nH]c12)N1C[C@H]2C[C@@H](Nc3ccc(C(F)(F)F)cn3)[C@@H]1C2. The summed E-state index contributed by atoms with van der Waals surface area (Å²) in [4.78, 5) is 22.2. The maximum absolute atomic E-state index is 13.2. The number of anilines is 1. The molecule has 2 fully saturated rings. The van der Waals surface area contributed by atoms with Crippen LogP contribution in [0.4, 0.5) is 19.0 Å². The minimum atomic E-state index is -4.40. The van der Waals surface area contributed by atoms with Gasteiger partial charge in [0.2, 0.25) is 0 Å². The number of aromatic amines is 1. The molecule has 3 atom stereocenters. The summed E-state index contributed by atoms with van der Waals surface area (Å²) in [6.45, 7) is 0.708. The van der Waals surface area contributed by atoms with E-state index in [1.807, 2.05) is 35.4 Å². The second kappa shape index (κ2) is 6.50. The Bertz CT molecular complexity index is 1060. The van der Waals surface area contributed by atoms with E-state index in [0.717, 1.165) is 36.0 Å². The highest BCUT2D eigenvalue weighted by Gasteiger charge is 2.47. The molecule has 5 rings (SSSR count). The monoisotopic (exact) mass is 400 g/mol.